The molecule has 5 aromatic rings. The molecule has 0 spiro atoms. The summed E-state index contributed by atoms with van der Waals surface area (Å²) in [6.45, 7) is 9.48. The molecule has 2 nitrogen and oxygen atoms in total. The lowest BCUT2D eigenvalue weighted by Gasteiger charge is -2.42. The van der Waals surface area contributed by atoms with E-state index in [-0.39, 0.29) is 11.0 Å². The van der Waals surface area contributed by atoms with Gasteiger partial charge in [0.05, 0.1) is 5.39 Å². The molecule has 2 heteroatoms. The van der Waals surface area contributed by atoms with E-state index in [0.717, 1.165) is 0 Å². The van der Waals surface area contributed by atoms with E-state index in [1.54, 1.807) is 0 Å². The molecule has 1 aliphatic rings. The standard InChI is InChI=1S/C27H25N2/c1-26(2)22-12-8-11-20-21-17-19(18-9-6-5-7-10-18)13-14-23(21)28-15-16-29(27(26,3)4)25(28)24(20)22/h5-17H,1-4H3/q+1. The third-order valence-corrected chi connectivity index (χ3v) is 7.57. The second kappa shape index (κ2) is 5.27. The Kier molecular flexibility index (Phi) is 3.05. The van der Waals surface area contributed by atoms with Crippen LogP contribution in [0.15, 0.2) is 79.1 Å². The van der Waals surface area contributed by atoms with E-state index in [4.69, 9.17) is 0 Å². The fraction of sp³-hybridized carbons (Fsp3) is 0.222. The van der Waals surface area contributed by atoms with E-state index in [0.29, 0.717) is 0 Å². The van der Waals surface area contributed by atoms with Crippen LogP contribution < -0.4 is 4.57 Å². The average molecular weight is 378 g/mol. The Morgan fingerprint density at radius 1 is 0.759 bits per heavy atom. The normalized spacial score (nSPS) is 16.8. The van der Waals surface area contributed by atoms with Gasteiger partial charge in [-0.2, -0.15) is 4.40 Å². The second-order valence-corrected chi connectivity index (χ2v) is 9.37. The topological polar surface area (TPSA) is 8.29 Å². The lowest BCUT2D eigenvalue weighted by Crippen LogP contribution is -2.63. The maximum absolute atomic E-state index is 2.48. The predicted octanol–water partition coefficient (Wildman–Crippen LogP) is 6.23. The van der Waals surface area contributed by atoms with Gasteiger partial charge in [-0.15, -0.1) is 0 Å². The Bertz CT molecular complexity index is 1440. The van der Waals surface area contributed by atoms with Crippen LogP contribution in [0.3, 0.4) is 0 Å². The molecule has 0 bridgehead atoms. The van der Waals surface area contributed by atoms with Crippen molar-refractivity contribution in [1.29, 1.82) is 0 Å². The number of nitrogens with zero attached hydrogens (tertiary/aromatic N) is 2. The lowest BCUT2D eigenvalue weighted by atomic mass is 9.66. The van der Waals surface area contributed by atoms with Gasteiger partial charge in [0.15, 0.2) is 0 Å². The van der Waals surface area contributed by atoms with Gasteiger partial charge < -0.3 is 0 Å². The zero-order chi connectivity index (χ0) is 20.0. The van der Waals surface area contributed by atoms with Gasteiger partial charge in [-0.25, -0.2) is 4.57 Å². The number of imidazole rings is 1. The molecular weight excluding hydrogens is 352 g/mol. The number of pyridine rings is 1. The molecule has 29 heavy (non-hydrogen) atoms. The van der Waals surface area contributed by atoms with Crippen molar-refractivity contribution in [1.82, 2.24) is 4.40 Å². The fourth-order valence-electron chi connectivity index (χ4n) is 5.22. The maximum Gasteiger partial charge on any atom is 0.295 e. The molecule has 1 aliphatic heterocycles. The van der Waals surface area contributed by atoms with Crippen LogP contribution in [0.5, 0.6) is 0 Å². The van der Waals surface area contributed by atoms with Crippen molar-refractivity contribution in [2.24, 2.45) is 0 Å². The highest BCUT2D eigenvalue weighted by Crippen LogP contribution is 2.46. The summed E-state index contributed by atoms with van der Waals surface area (Å²) in [6, 6.07) is 24.4. The molecule has 3 heterocycles. The molecule has 142 valence electrons. The van der Waals surface area contributed by atoms with Crippen LogP contribution in [-0.4, -0.2) is 4.40 Å². The average Bonchev–Trinajstić information content (AvgIpc) is 3.19. The zero-order valence-corrected chi connectivity index (χ0v) is 17.4. The van der Waals surface area contributed by atoms with Gasteiger partial charge in [0, 0.05) is 16.2 Å². The number of hydrogen-bond acceptors (Lipinski definition) is 0. The van der Waals surface area contributed by atoms with E-state index in [2.05, 4.69) is 116 Å². The summed E-state index contributed by atoms with van der Waals surface area (Å²) in [7, 11) is 0. The summed E-state index contributed by atoms with van der Waals surface area (Å²) in [5, 5.41) is 4.05. The molecule has 0 saturated carbocycles. The van der Waals surface area contributed by atoms with E-state index < -0.39 is 0 Å². The SMILES string of the molecule is CC1(C)c2cccc3c4cc(-c5ccccc5)ccc4n4cc[n+](c4c23)C1(C)C. The zero-order valence-electron chi connectivity index (χ0n) is 17.4. The minimum atomic E-state index is -0.0132. The molecular formula is C27H25N2+. The summed E-state index contributed by atoms with van der Waals surface area (Å²) in [4.78, 5) is 0. The van der Waals surface area contributed by atoms with E-state index >= 15 is 0 Å². The number of fused-ring (bicyclic) bond motifs is 3. The van der Waals surface area contributed by atoms with Gasteiger partial charge >= 0.3 is 0 Å². The van der Waals surface area contributed by atoms with Gasteiger partial charge in [0.1, 0.15) is 23.4 Å². The minimum Gasteiger partial charge on any atom is -0.224 e. The van der Waals surface area contributed by atoms with Crippen LogP contribution in [0.1, 0.15) is 33.3 Å². The highest BCUT2D eigenvalue weighted by molar-refractivity contribution is 6.13. The predicted molar refractivity (Wildman–Crippen MR) is 120 cm³/mol. The Balaban J connectivity index is 1.84. The molecule has 0 saturated heterocycles. The van der Waals surface area contributed by atoms with Gasteiger partial charge in [-0.1, -0.05) is 68.4 Å². The first kappa shape index (κ1) is 16.8. The van der Waals surface area contributed by atoms with Crippen LogP contribution >= 0.6 is 0 Å². The molecule has 0 N–H and O–H groups in total. The first-order valence-corrected chi connectivity index (χ1v) is 10.4. The van der Waals surface area contributed by atoms with E-state index in [1.165, 1.54) is 44.0 Å². The van der Waals surface area contributed by atoms with Crippen LogP contribution in [0.4, 0.5) is 0 Å². The number of rotatable bonds is 1. The van der Waals surface area contributed by atoms with E-state index in [9.17, 15) is 0 Å². The Morgan fingerprint density at radius 3 is 2.34 bits per heavy atom. The fourth-order valence-corrected chi connectivity index (χ4v) is 5.22. The third kappa shape index (κ3) is 1.94. The molecule has 0 atom stereocenters. The Hall–Kier alpha value is -3.13. The Morgan fingerprint density at radius 2 is 1.55 bits per heavy atom. The summed E-state index contributed by atoms with van der Waals surface area (Å²) in [5.74, 6) is 0. The molecule has 2 aromatic heterocycles. The molecule has 0 aliphatic carbocycles. The van der Waals surface area contributed by atoms with Crippen molar-refractivity contribution >= 4 is 27.3 Å². The number of hydrogen-bond donors (Lipinski definition) is 0. The second-order valence-electron chi connectivity index (χ2n) is 9.37. The summed E-state index contributed by atoms with van der Waals surface area (Å²) in [5.41, 5.74) is 6.54. The molecule has 0 unspecified atom stereocenters. The first-order valence-electron chi connectivity index (χ1n) is 10.4. The van der Waals surface area contributed by atoms with Gasteiger partial charge in [0.2, 0.25) is 0 Å². The first-order chi connectivity index (χ1) is 13.9. The smallest absolute Gasteiger partial charge is 0.224 e. The van der Waals surface area contributed by atoms with Gasteiger partial charge in [0.25, 0.3) is 5.65 Å². The molecule has 0 radical (unpaired) electrons. The van der Waals surface area contributed by atoms with Crippen molar-refractivity contribution in [2.75, 3.05) is 0 Å². The minimum absolute atomic E-state index is 0.0132. The van der Waals surface area contributed by atoms with Gasteiger partial charge in [-0.05, 0) is 42.7 Å². The quantitative estimate of drug-likeness (QED) is 0.242. The van der Waals surface area contributed by atoms with Crippen molar-refractivity contribution < 1.29 is 4.57 Å². The summed E-state index contributed by atoms with van der Waals surface area (Å²) >= 11 is 0. The van der Waals surface area contributed by atoms with Crippen molar-refractivity contribution in [3.8, 4) is 11.1 Å². The van der Waals surface area contributed by atoms with Crippen molar-refractivity contribution in [3.63, 3.8) is 0 Å². The van der Waals surface area contributed by atoms with Crippen molar-refractivity contribution in [2.45, 2.75) is 38.6 Å². The van der Waals surface area contributed by atoms with Crippen LogP contribution in [0, 0.1) is 0 Å². The third-order valence-electron chi connectivity index (χ3n) is 7.57. The Labute approximate surface area is 171 Å². The van der Waals surface area contributed by atoms with Crippen molar-refractivity contribution in [3.05, 3.63) is 84.7 Å². The van der Waals surface area contributed by atoms with Gasteiger partial charge in [-0.3, -0.25) is 0 Å². The lowest BCUT2D eigenvalue weighted by molar-refractivity contribution is -0.745. The number of benzene rings is 3. The summed E-state index contributed by atoms with van der Waals surface area (Å²) < 4.78 is 4.86. The van der Waals surface area contributed by atoms with Crippen LogP contribution in [0.25, 0.3) is 38.4 Å². The highest BCUT2D eigenvalue weighted by Gasteiger charge is 2.49. The highest BCUT2D eigenvalue weighted by atomic mass is 15.2. The monoisotopic (exact) mass is 377 g/mol. The van der Waals surface area contributed by atoms with Crippen LogP contribution in [-0.2, 0) is 11.0 Å². The maximum atomic E-state index is 2.48. The molecule has 6 rings (SSSR count). The molecule has 0 fully saturated rings. The largest absolute Gasteiger partial charge is 0.295 e. The summed E-state index contributed by atoms with van der Waals surface area (Å²) in [6.07, 6.45) is 4.50. The molecule has 3 aromatic carbocycles. The van der Waals surface area contributed by atoms with Crippen LogP contribution in [0.2, 0.25) is 0 Å². The molecule has 0 amide bonds. The number of aromatic nitrogens is 2. The van der Waals surface area contributed by atoms with E-state index in [1.807, 2.05) is 0 Å².